The average molecular weight is 407 g/mol. The van der Waals surface area contributed by atoms with Gasteiger partial charge in [0.05, 0.1) is 23.9 Å². The van der Waals surface area contributed by atoms with E-state index >= 15 is 0 Å². The van der Waals surface area contributed by atoms with E-state index in [1.54, 1.807) is 0 Å². The fourth-order valence-electron chi connectivity index (χ4n) is 4.63. The fourth-order valence-corrected chi connectivity index (χ4v) is 4.63. The number of hydrogen-bond acceptors (Lipinski definition) is 4. The highest BCUT2D eigenvalue weighted by Gasteiger charge is 2.29. The second kappa shape index (κ2) is 9.43. The molecular weight excluding hydrogens is 376 g/mol. The molecular formula is C25H30N2O3. The number of esters is 1. The molecule has 1 fully saturated rings. The molecule has 0 spiro atoms. The number of ether oxygens (including phenoxy) is 1. The van der Waals surface area contributed by atoms with Crippen LogP contribution in [0, 0.1) is 5.92 Å². The van der Waals surface area contributed by atoms with Crippen LogP contribution in [0.15, 0.2) is 48.5 Å². The lowest BCUT2D eigenvalue weighted by Crippen LogP contribution is -2.41. The number of fused-ring (bicyclic) bond motifs is 2. The minimum atomic E-state index is -0.108. The molecule has 0 aromatic heterocycles. The van der Waals surface area contributed by atoms with Gasteiger partial charge in [0.2, 0.25) is 5.91 Å². The van der Waals surface area contributed by atoms with Crippen LogP contribution in [0.2, 0.25) is 0 Å². The summed E-state index contributed by atoms with van der Waals surface area (Å²) in [6.07, 6.45) is 4.13. The van der Waals surface area contributed by atoms with Crippen molar-refractivity contribution in [3.05, 3.63) is 59.7 Å². The Morgan fingerprint density at radius 1 is 1.00 bits per heavy atom. The first-order valence-electron chi connectivity index (χ1n) is 11.0. The number of likely N-dealkylation sites (tertiary alicyclic amines) is 1. The van der Waals surface area contributed by atoms with Gasteiger partial charge in [0.1, 0.15) is 0 Å². The number of anilines is 2. The number of carbonyl (C=O) groups excluding carboxylic acids is 2. The molecule has 158 valence electrons. The van der Waals surface area contributed by atoms with Crippen molar-refractivity contribution in [1.29, 1.82) is 0 Å². The maximum Gasteiger partial charge on any atom is 0.310 e. The average Bonchev–Trinajstić information content (AvgIpc) is 2.95. The fraction of sp³-hybridized carbons (Fsp3) is 0.440. The lowest BCUT2D eigenvalue weighted by Gasteiger charge is -2.32. The van der Waals surface area contributed by atoms with Crippen molar-refractivity contribution < 1.29 is 14.3 Å². The topological polar surface area (TPSA) is 49.9 Å². The Hall–Kier alpha value is -2.66. The number of nitrogens with zero attached hydrogens (tertiary/aromatic N) is 2. The van der Waals surface area contributed by atoms with Gasteiger partial charge in [-0.1, -0.05) is 36.4 Å². The first-order valence-corrected chi connectivity index (χ1v) is 11.0. The molecule has 2 heterocycles. The zero-order valence-electron chi connectivity index (χ0n) is 17.7. The van der Waals surface area contributed by atoms with E-state index in [2.05, 4.69) is 17.0 Å². The molecule has 30 heavy (non-hydrogen) atoms. The number of piperidine rings is 1. The Balaban J connectivity index is 1.49. The standard InChI is InChI=1S/C25H30N2O3/c1-2-30-25(29)21-10-7-16-26(18-21)17-15-24(28)27-22-11-5-3-8-19(22)13-14-20-9-4-6-12-23(20)27/h3-6,8-9,11-12,21H,2,7,10,13-18H2,1H3/t21-/m1/s1. The van der Waals surface area contributed by atoms with E-state index in [4.69, 9.17) is 4.74 Å². The predicted molar refractivity (Wildman–Crippen MR) is 118 cm³/mol. The zero-order valence-corrected chi connectivity index (χ0v) is 17.7. The van der Waals surface area contributed by atoms with Gasteiger partial charge >= 0.3 is 5.97 Å². The van der Waals surface area contributed by atoms with Crippen LogP contribution in [-0.4, -0.2) is 43.0 Å². The maximum atomic E-state index is 13.4. The molecule has 1 atom stereocenters. The second-order valence-electron chi connectivity index (χ2n) is 8.13. The van der Waals surface area contributed by atoms with Crippen molar-refractivity contribution in [3.63, 3.8) is 0 Å². The summed E-state index contributed by atoms with van der Waals surface area (Å²) in [7, 11) is 0. The van der Waals surface area contributed by atoms with E-state index in [0.29, 0.717) is 26.1 Å². The van der Waals surface area contributed by atoms with Crippen molar-refractivity contribution in [2.75, 3.05) is 31.1 Å². The predicted octanol–water partition coefficient (Wildman–Crippen LogP) is 4.12. The summed E-state index contributed by atoms with van der Waals surface area (Å²) in [6, 6.07) is 16.4. The van der Waals surface area contributed by atoms with Crippen LogP contribution in [0.4, 0.5) is 11.4 Å². The normalized spacial score (nSPS) is 18.8. The van der Waals surface area contributed by atoms with Gasteiger partial charge in [-0.25, -0.2) is 0 Å². The third-order valence-electron chi connectivity index (χ3n) is 6.15. The molecule has 2 aliphatic rings. The number of rotatable bonds is 5. The third kappa shape index (κ3) is 4.41. The van der Waals surface area contributed by atoms with E-state index in [1.165, 1.54) is 11.1 Å². The summed E-state index contributed by atoms with van der Waals surface area (Å²) >= 11 is 0. The van der Waals surface area contributed by atoms with Gasteiger partial charge in [-0.3, -0.25) is 14.5 Å². The quantitative estimate of drug-likeness (QED) is 0.701. The van der Waals surface area contributed by atoms with Gasteiger partial charge in [-0.05, 0) is 62.4 Å². The first kappa shape index (κ1) is 20.6. The van der Waals surface area contributed by atoms with Gasteiger partial charge in [-0.2, -0.15) is 0 Å². The second-order valence-corrected chi connectivity index (χ2v) is 8.13. The zero-order chi connectivity index (χ0) is 20.9. The number of benzene rings is 2. The molecule has 2 aromatic rings. The summed E-state index contributed by atoms with van der Waals surface area (Å²) < 4.78 is 5.20. The molecule has 2 aromatic carbocycles. The molecule has 0 unspecified atom stereocenters. The van der Waals surface area contributed by atoms with Crippen LogP contribution < -0.4 is 4.90 Å². The number of aryl methyl sites for hydroxylation is 2. The van der Waals surface area contributed by atoms with E-state index in [1.807, 2.05) is 48.2 Å². The molecule has 1 saturated heterocycles. The lowest BCUT2D eigenvalue weighted by molar-refractivity contribution is -0.149. The number of amides is 1. The van der Waals surface area contributed by atoms with Gasteiger partial charge < -0.3 is 9.64 Å². The molecule has 0 radical (unpaired) electrons. The molecule has 0 N–H and O–H groups in total. The minimum absolute atomic E-state index is 0.0755. The number of carbonyl (C=O) groups is 2. The van der Waals surface area contributed by atoms with Crippen LogP contribution in [0.25, 0.3) is 0 Å². The highest BCUT2D eigenvalue weighted by atomic mass is 16.5. The molecule has 1 amide bonds. The molecule has 4 rings (SSSR count). The monoisotopic (exact) mass is 406 g/mol. The van der Waals surface area contributed by atoms with Gasteiger partial charge in [0.15, 0.2) is 0 Å². The van der Waals surface area contributed by atoms with Crippen LogP contribution in [-0.2, 0) is 27.2 Å². The Morgan fingerprint density at radius 3 is 2.27 bits per heavy atom. The third-order valence-corrected chi connectivity index (χ3v) is 6.15. The summed E-state index contributed by atoms with van der Waals surface area (Å²) in [5, 5.41) is 0. The van der Waals surface area contributed by atoms with E-state index in [0.717, 1.165) is 43.6 Å². The molecule has 5 nitrogen and oxygen atoms in total. The molecule has 0 saturated carbocycles. The SMILES string of the molecule is CCOC(=O)[C@@H]1CCCN(CCC(=O)N2c3ccccc3CCc3ccccc32)C1. The number of para-hydroxylation sites is 2. The van der Waals surface area contributed by atoms with Crippen LogP contribution in [0.3, 0.4) is 0 Å². The van der Waals surface area contributed by atoms with Gasteiger partial charge in [0.25, 0.3) is 0 Å². The highest BCUT2D eigenvalue weighted by Crippen LogP contribution is 2.36. The molecule has 5 heteroatoms. The molecule has 0 bridgehead atoms. The van der Waals surface area contributed by atoms with Crippen molar-refractivity contribution in [2.24, 2.45) is 5.92 Å². The maximum absolute atomic E-state index is 13.4. The Labute approximate surface area is 178 Å². The molecule has 0 aliphatic carbocycles. The van der Waals surface area contributed by atoms with Crippen LogP contribution in [0.5, 0.6) is 0 Å². The van der Waals surface area contributed by atoms with Crippen molar-refractivity contribution >= 4 is 23.3 Å². The van der Waals surface area contributed by atoms with Gasteiger partial charge in [0, 0.05) is 19.5 Å². The Morgan fingerprint density at radius 2 is 1.63 bits per heavy atom. The van der Waals surface area contributed by atoms with Crippen LogP contribution in [0.1, 0.15) is 37.3 Å². The largest absolute Gasteiger partial charge is 0.466 e. The summed E-state index contributed by atoms with van der Waals surface area (Å²) in [4.78, 5) is 29.7. The smallest absolute Gasteiger partial charge is 0.310 e. The van der Waals surface area contributed by atoms with E-state index in [-0.39, 0.29) is 17.8 Å². The Bertz CT molecular complexity index is 863. The van der Waals surface area contributed by atoms with E-state index < -0.39 is 0 Å². The van der Waals surface area contributed by atoms with Crippen molar-refractivity contribution in [1.82, 2.24) is 4.90 Å². The highest BCUT2D eigenvalue weighted by molar-refractivity contribution is 6.02. The van der Waals surface area contributed by atoms with E-state index in [9.17, 15) is 9.59 Å². The molecule has 2 aliphatic heterocycles. The summed E-state index contributed by atoms with van der Waals surface area (Å²) in [6.45, 7) is 4.53. The van der Waals surface area contributed by atoms with Crippen molar-refractivity contribution in [2.45, 2.75) is 39.0 Å². The van der Waals surface area contributed by atoms with Crippen LogP contribution >= 0.6 is 0 Å². The summed E-state index contributed by atoms with van der Waals surface area (Å²) in [5.74, 6) is -0.0765. The minimum Gasteiger partial charge on any atom is -0.466 e. The Kier molecular flexibility index (Phi) is 6.48. The first-order chi connectivity index (χ1) is 14.7. The van der Waals surface area contributed by atoms with Gasteiger partial charge in [-0.15, -0.1) is 0 Å². The number of hydrogen-bond donors (Lipinski definition) is 0. The lowest BCUT2D eigenvalue weighted by atomic mass is 9.98. The summed E-state index contributed by atoms with van der Waals surface area (Å²) in [5.41, 5.74) is 4.41. The van der Waals surface area contributed by atoms with Crippen molar-refractivity contribution in [3.8, 4) is 0 Å².